The van der Waals surface area contributed by atoms with Crippen molar-refractivity contribution in [3.05, 3.63) is 0 Å². The molecule has 2 fully saturated rings. The molecule has 2 heterocycles. The van der Waals surface area contributed by atoms with Crippen LogP contribution < -0.4 is 5.73 Å². The minimum Gasteiger partial charge on any atom is -0.349 e. The largest absolute Gasteiger partial charge is 0.349 e. The van der Waals surface area contributed by atoms with Gasteiger partial charge in [0, 0.05) is 0 Å². The van der Waals surface area contributed by atoms with Crippen molar-refractivity contribution in [3.63, 3.8) is 0 Å². The van der Waals surface area contributed by atoms with Crippen LogP contribution in [-0.4, -0.2) is 40.9 Å². The first-order valence-corrected chi connectivity index (χ1v) is 5.26. The Morgan fingerprint density at radius 2 is 1.88 bits per heavy atom. The lowest BCUT2D eigenvalue weighted by Gasteiger charge is -2.19. The van der Waals surface area contributed by atoms with Crippen LogP contribution in [0, 0.1) is 5.92 Å². The molecule has 2 rings (SSSR count). The van der Waals surface area contributed by atoms with E-state index in [1.165, 1.54) is 0 Å². The van der Waals surface area contributed by atoms with E-state index >= 15 is 0 Å². The van der Waals surface area contributed by atoms with Gasteiger partial charge in [0.2, 0.25) is 0 Å². The van der Waals surface area contributed by atoms with Crippen molar-refractivity contribution in [1.82, 2.24) is 4.90 Å². The summed E-state index contributed by atoms with van der Waals surface area (Å²) in [5.41, 5.74) is 5.65. The third kappa shape index (κ3) is 1.64. The summed E-state index contributed by atoms with van der Waals surface area (Å²) in [4.78, 5) is 35.4. The number of likely N-dealkylation sites (tertiary alicyclic amines) is 1. The first-order chi connectivity index (χ1) is 7.43. The van der Waals surface area contributed by atoms with Gasteiger partial charge in [-0.3, -0.25) is 14.4 Å². The second-order valence-corrected chi connectivity index (χ2v) is 4.56. The van der Waals surface area contributed by atoms with Crippen LogP contribution in [0.5, 0.6) is 0 Å². The Kier molecular flexibility index (Phi) is 2.55. The zero-order chi connectivity index (χ0) is 12.0. The number of rotatable bonds is 3. The molecule has 2 N–H and O–H groups in total. The smallest absolute Gasteiger partial charge is 0.268 e. The van der Waals surface area contributed by atoms with Crippen molar-refractivity contribution in [1.29, 1.82) is 0 Å². The van der Waals surface area contributed by atoms with Gasteiger partial charge >= 0.3 is 0 Å². The highest BCUT2D eigenvalue weighted by atomic mass is 16.6. The average molecular weight is 226 g/mol. The molecule has 3 atom stereocenters. The van der Waals surface area contributed by atoms with Crippen molar-refractivity contribution >= 4 is 17.7 Å². The number of imide groups is 3. The predicted molar refractivity (Wildman–Crippen MR) is 53.0 cm³/mol. The maximum Gasteiger partial charge on any atom is 0.268 e. The standard InChI is InChI=1S/C10H14N2O4/c1-4(2)3-5(11)8(13)12-9(14)6-7(16-6)10(12)15/h4-7H,3,11H2,1-2H3/t5-,6-,7-/m0/s1. The van der Waals surface area contributed by atoms with Crippen LogP contribution in [0.4, 0.5) is 0 Å². The summed E-state index contributed by atoms with van der Waals surface area (Å²) in [7, 11) is 0. The summed E-state index contributed by atoms with van der Waals surface area (Å²) >= 11 is 0. The van der Waals surface area contributed by atoms with Crippen LogP contribution in [0.25, 0.3) is 0 Å². The highest BCUT2D eigenvalue weighted by Gasteiger charge is 2.63. The van der Waals surface area contributed by atoms with Gasteiger partial charge in [0.25, 0.3) is 17.7 Å². The molecule has 0 radical (unpaired) electrons. The van der Waals surface area contributed by atoms with Crippen LogP contribution >= 0.6 is 0 Å². The minimum absolute atomic E-state index is 0.234. The molecule has 0 aromatic carbocycles. The normalized spacial score (nSPS) is 29.6. The van der Waals surface area contributed by atoms with Crippen molar-refractivity contribution in [2.45, 2.75) is 38.5 Å². The second kappa shape index (κ2) is 3.64. The monoisotopic (exact) mass is 226 g/mol. The van der Waals surface area contributed by atoms with Gasteiger partial charge in [-0.15, -0.1) is 0 Å². The zero-order valence-electron chi connectivity index (χ0n) is 9.17. The van der Waals surface area contributed by atoms with E-state index in [9.17, 15) is 14.4 Å². The Hall–Kier alpha value is -1.27. The lowest BCUT2D eigenvalue weighted by atomic mass is 10.0. The molecule has 2 aliphatic heterocycles. The molecule has 88 valence electrons. The van der Waals surface area contributed by atoms with E-state index in [0.29, 0.717) is 11.3 Å². The lowest BCUT2D eigenvalue weighted by molar-refractivity contribution is -0.154. The first kappa shape index (κ1) is 11.2. The number of epoxide rings is 1. The topological polar surface area (TPSA) is 93.0 Å². The van der Waals surface area contributed by atoms with Gasteiger partial charge < -0.3 is 10.5 Å². The van der Waals surface area contributed by atoms with E-state index in [4.69, 9.17) is 10.5 Å². The molecule has 3 amide bonds. The molecule has 0 spiro atoms. The van der Waals surface area contributed by atoms with Crippen molar-refractivity contribution < 1.29 is 19.1 Å². The first-order valence-electron chi connectivity index (χ1n) is 5.26. The lowest BCUT2D eigenvalue weighted by Crippen LogP contribution is -2.49. The summed E-state index contributed by atoms with van der Waals surface area (Å²) in [5.74, 6) is -1.52. The van der Waals surface area contributed by atoms with Gasteiger partial charge in [-0.2, -0.15) is 0 Å². The molecule has 0 aromatic heterocycles. The summed E-state index contributed by atoms with van der Waals surface area (Å²) < 4.78 is 4.78. The van der Waals surface area contributed by atoms with Crippen molar-refractivity contribution in [2.24, 2.45) is 11.7 Å². The highest BCUT2D eigenvalue weighted by molar-refractivity contribution is 6.22. The summed E-state index contributed by atoms with van der Waals surface area (Å²) in [6.45, 7) is 3.84. The van der Waals surface area contributed by atoms with E-state index in [2.05, 4.69) is 0 Å². The van der Waals surface area contributed by atoms with E-state index in [1.54, 1.807) is 0 Å². The van der Waals surface area contributed by atoms with Gasteiger partial charge in [0.05, 0.1) is 6.04 Å². The third-order valence-electron chi connectivity index (χ3n) is 2.68. The number of amides is 3. The SMILES string of the molecule is CC(C)C[C@H](N)C(=O)N1C(=O)[C@H]2O[C@@H]2C1=O. The van der Waals surface area contributed by atoms with Crippen LogP contribution in [0.15, 0.2) is 0 Å². The number of hydrogen-bond acceptors (Lipinski definition) is 5. The van der Waals surface area contributed by atoms with E-state index in [0.717, 1.165) is 0 Å². The van der Waals surface area contributed by atoms with Crippen LogP contribution in [-0.2, 0) is 19.1 Å². The summed E-state index contributed by atoms with van der Waals surface area (Å²) in [5, 5.41) is 0. The molecule has 0 aliphatic carbocycles. The number of hydrogen-bond donors (Lipinski definition) is 1. The van der Waals surface area contributed by atoms with Gasteiger partial charge in [0.15, 0.2) is 12.2 Å². The molecular formula is C10H14N2O4. The highest BCUT2D eigenvalue weighted by Crippen LogP contribution is 2.33. The Morgan fingerprint density at radius 1 is 1.38 bits per heavy atom. The number of fused-ring (bicyclic) bond motifs is 1. The Bertz CT molecular complexity index is 346. The van der Waals surface area contributed by atoms with E-state index < -0.39 is 36.0 Å². The van der Waals surface area contributed by atoms with Crippen molar-refractivity contribution in [2.75, 3.05) is 0 Å². The van der Waals surface area contributed by atoms with Crippen LogP contribution in [0.1, 0.15) is 20.3 Å². The third-order valence-corrected chi connectivity index (χ3v) is 2.68. The molecule has 6 heteroatoms. The number of carbonyl (C=O) groups is 3. The average Bonchev–Trinajstić information content (AvgIpc) is 2.91. The number of carbonyl (C=O) groups excluding carboxylic acids is 3. The fraction of sp³-hybridized carbons (Fsp3) is 0.700. The molecule has 16 heavy (non-hydrogen) atoms. The second-order valence-electron chi connectivity index (χ2n) is 4.56. The molecule has 0 unspecified atom stereocenters. The van der Waals surface area contributed by atoms with Crippen molar-refractivity contribution in [3.8, 4) is 0 Å². The molecule has 0 bridgehead atoms. The fourth-order valence-corrected chi connectivity index (χ4v) is 1.84. The zero-order valence-corrected chi connectivity index (χ0v) is 9.17. The van der Waals surface area contributed by atoms with Crippen LogP contribution in [0.3, 0.4) is 0 Å². The molecule has 2 aliphatic rings. The minimum atomic E-state index is -0.801. The van der Waals surface area contributed by atoms with E-state index in [1.807, 2.05) is 13.8 Å². The van der Waals surface area contributed by atoms with Crippen LogP contribution in [0.2, 0.25) is 0 Å². The number of nitrogens with two attached hydrogens (primary N) is 1. The molecule has 0 aromatic rings. The Morgan fingerprint density at radius 3 is 2.31 bits per heavy atom. The fourth-order valence-electron chi connectivity index (χ4n) is 1.84. The molecule has 2 saturated heterocycles. The van der Waals surface area contributed by atoms with Gasteiger partial charge in [-0.05, 0) is 12.3 Å². The van der Waals surface area contributed by atoms with Gasteiger partial charge in [-0.25, -0.2) is 4.90 Å². The maximum absolute atomic E-state index is 11.8. The number of nitrogens with zero attached hydrogens (tertiary/aromatic N) is 1. The number of morpholine rings is 1. The Balaban J connectivity index is 2.05. The molecular weight excluding hydrogens is 212 g/mol. The summed E-state index contributed by atoms with van der Waals surface area (Å²) in [6.07, 6.45) is -1.02. The van der Waals surface area contributed by atoms with Gasteiger partial charge in [-0.1, -0.05) is 13.8 Å². The number of ether oxygens (including phenoxy) is 1. The maximum atomic E-state index is 11.8. The van der Waals surface area contributed by atoms with Gasteiger partial charge in [0.1, 0.15) is 0 Å². The summed E-state index contributed by atoms with van der Waals surface area (Å²) in [6, 6.07) is -0.801. The van der Waals surface area contributed by atoms with E-state index in [-0.39, 0.29) is 5.92 Å². The molecule has 6 nitrogen and oxygen atoms in total. The quantitative estimate of drug-likeness (QED) is 0.493. The Labute approximate surface area is 92.7 Å². The predicted octanol–water partition coefficient (Wildman–Crippen LogP) is -0.977. The molecule has 0 saturated carbocycles.